The zero-order valence-corrected chi connectivity index (χ0v) is 19.7. The predicted octanol–water partition coefficient (Wildman–Crippen LogP) is 1.37. The van der Waals surface area contributed by atoms with E-state index in [1.54, 1.807) is 4.90 Å². The van der Waals surface area contributed by atoms with Crippen LogP contribution in [0, 0.1) is 0 Å². The minimum Gasteiger partial charge on any atom is -0.465 e. The van der Waals surface area contributed by atoms with Crippen LogP contribution in [0.3, 0.4) is 0 Å². The van der Waals surface area contributed by atoms with Crippen LogP contribution in [0.4, 0.5) is 4.79 Å². The monoisotopic (exact) mass is 462 g/mol. The normalized spacial score (nSPS) is 16.9. The topological polar surface area (TPSA) is 91.4 Å². The Morgan fingerprint density at radius 1 is 0.970 bits per heavy atom. The average molecular weight is 463 g/mol. The van der Waals surface area contributed by atoms with Crippen molar-refractivity contribution < 1.29 is 23.9 Å². The number of rotatable bonds is 9. The maximum absolute atomic E-state index is 12.8. The van der Waals surface area contributed by atoms with Crippen LogP contribution in [0.1, 0.15) is 25.3 Å². The molecule has 1 aliphatic heterocycles. The number of ether oxygens (including phenoxy) is 2. The average Bonchev–Trinajstić information content (AvgIpc) is 2.81. The van der Waals surface area contributed by atoms with E-state index in [-0.39, 0.29) is 19.1 Å². The molecule has 0 spiro atoms. The van der Waals surface area contributed by atoms with E-state index >= 15 is 0 Å². The van der Waals surface area contributed by atoms with E-state index in [0.717, 1.165) is 31.2 Å². The van der Waals surface area contributed by atoms with E-state index in [1.807, 2.05) is 40.1 Å². The van der Waals surface area contributed by atoms with Gasteiger partial charge in [-0.1, -0.05) is 43.7 Å². The molecule has 1 fully saturated rings. The molecular formula is C24H38N4O5. The van der Waals surface area contributed by atoms with Gasteiger partial charge in [-0.2, -0.15) is 0 Å². The van der Waals surface area contributed by atoms with E-state index in [9.17, 15) is 14.4 Å². The minimum atomic E-state index is -0.398. The Labute approximate surface area is 197 Å². The highest BCUT2D eigenvalue weighted by Gasteiger charge is 2.20. The van der Waals surface area contributed by atoms with E-state index in [2.05, 4.69) is 12.2 Å². The molecule has 0 bridgehead atoms. The Morgan fingerprint density at radius 2 is 1.67 bits per heavy atom. The third-order valence-corrected chi connectivity index (χ3v) is 5.49. The van der Waals surface area contributed by atoms with Crippen LogP contribution in [0.5, 0.6) is 0 Å². The molecular weight excluding hydrogens is 424 g/mol. The highest BCUT2D eigenvalue weighted by atomic mass is 16.6. The molecule has 1 N–H and O–H groups in total. The molecule has 33 heavy (non-hydrogen) atoms. The third kappa shape index (κ3) is 11.3. The molecule has 0 unspecified atom stereocenters. The van der Waals surface area contributed by atoms with Gasteiger partial charge in [-0.3, -0.25) is 14.6 Å². The SMILES string of the molecule is CCCCOC(=O)CN1CCNCCN(CC=O)CCN(C(=O)OCc2ccccc2)CC1. The standard InChI is InChI=1S/C24H38N4O5/c1-2-3-19-32-23(30)20-27-12-10-25-9-11-26(17-18-29)13-15-28(16-14-27)24(31)33-21-22-7-5-4-6-8-22/h4-8,18,25H,2-3,9-17,19-21H2,1H3. The van der Waals surface area contributed by atoms with Gasteiger partial charge in [-0.05, 0) is 12.0 Å². The van der Waals surface area contributed by atoms with Crippen molar-refractivity contribution in [1.82, 2.24) is 20.0 Å². The molecule has 0 radical (unpaired) electrons. The van der Waals surface area contributed by atoms with Crippen molar-refractivity contribution in [2.45, 2.75) is 26.4 Å². The van der Waals surface area contributed by atoms with Crippen LogP contribution in [0.25, 0.3) is 0 Å². The summed E-state index contributed by atoms with van der Waals surface area (Å²) in [5, 5.41) is 3.36. The lowest BCUT2D eigenvalue weighted by molar-refractivity contribution is -0.145. The van der Waals surface area contributed by atoms with Gasteiger partial charge >= 0.3 is 12.1 Å². The lowest BCUT2D eigenvalue weighted by Crippen LogP contribution is -2.47. The molecule has 9 heteroatoms. The number of nitrogens with one attached hydrogen (secondary N) is 1. The molecule has 184 valence electrons. The highest BCUT2D eigenvalue weighted by Crippen LogP contribution is 2.05. The summed E-state index contributed by atoms with van der Waals surface area (Å²) < 4.78 is 10.9. The summed E-state index contributed by atoms with van der Waals surface area (Å²) in [5.41, 5.74) is 0.922. The highest BCUT2D eigenvalue weighted by molar-refractivity contribution is 5.71. The molecule has 2 rings (SSSR count). The van der Waals surface area contributed by atoms with Gasteiger partial charge in [0.2, 0.25) is 0 Å². The van der Waals surface area contributed by atoms with Crippen LogP contribution in [0.15, 0.2) is 30.3 Å². The summed E-state index contributed by atoms with van der Waals surface area (Å²) in [4.78, 5) is 41.8. The van der Waals surface area contributed by atoms with Gasteiger partial charge in [-0.25, -0.2) is 4.79 Å². The second-order valence-electron chi connectivity index (χ2n) is 8.09. The van der Waals surface area contributed by atoms with Crippen molar-refractivity contribution in [2.75, 3.05) is 72.1 Å². The molecule has 1 heterocycles. The molecule has 1 amide bonds. The maximum Gasteiger partial charge on any atom is 0.410 e. The lowest BCUT2D eigenvalue weighted by atomic mass is 10.2. The summed E-state index contributed by atoms with van der Waals surface area (Å²) >= 11 is 0. The van der Waals surface area contributed by atoms with Gasteiger partial charge in [0.1, 0.15) is 12.9 Å². The van der Waals surface area contributed by atoms with Crippen molar-refractivity contribution in [3.05, 3.63) is 35.9 Å². The van der Waals surface area contributed by atoms with Gasteiger partial charge < -0.3 is 24.5 Å². The number of amides is 1. The Bertz CT molecular complexity index is 703. The zero-order chi connectivity index (χ0) is 23.7. The van der Waals surface area contributed by atoms with E-state index in [4.69, 9.17) is 9.47 Å². The second kappa shape index (κ2) is 16.2. The van der Waals surface area contributed by atoms with Crippen molar-refractivity contribution in [2.24, 2.45) is 0 Å². The third-order valence-electron chi connectivity index (χ3n) is 5.49. The molecule has 0 saturated carbocycles. The number of unbranched alkanes of at least 4 members (excludes halogenated alkanes) is 1. The Kier molecular flexibility index (Phi) is 13.1. The fourth-order valence-corrected chi connectivity index (χ4v) is 3.46. The van der Waals surface area contributed by atoms with Crippen LogP contribution in [-0.2, 0) is 25.7 Å². The van der Waals surface area contributed by atoms with E-state index in [1.165, 1.54) is 0 Å². The van der Waals surface area contributed by atoms with Gasteiger partial charge in [0.15, 0.2) is 0 Å². The largest absolute Gasteiger partial charge is 0.465 e. The van der Waals surface area contributed by atoms with Crippen molar-refractivity contribution in [3.8, 4) is 0 Å². The fraction of sp³-hybridized carbons (Fsp3) is 0.625. The summed E-state index contributed by atoms with van der Waals surface area (Å²) in [7, 11) is 0. The summed E-state index contributed by atoms with van der Waals surface area (Å²) in [6, 6.07) is 9.55. The Hall–Kier alpha value is -2.49. The van der Waals surface area contributed by atoms with Gasteiger partial charge in [0.05, 0.1) is 19.7 Å². The van der Waals surface area contributed by atoms with E-state index < -0.39 is 6.09 Å². The number of hydrogen-bond acceptors (Lipinski definition) is 8. The number of hydrogen-bond donors (Lipinski definition) is 1. The van der Waals surface area contributed by atoms with Crippen molar-refractivity contribution in [1.29, 1.82) is 0 Å². The van der Waals surface area contributed by atoms with Gasteiger partial charge in [0, 0.05) is 52.4 Å². The van der Waals surface area contributed by atoms with E-state index in [0.29, 0.717) is 59.0 Å². The number of carbonyl (C=O) groups is 3. The molecule has 0 aliphatic carbocycles. The lowest BCUT2D eigenvalue weighted by Gasteiger charge is -2.30. The maximum atomic E-state index is 12.8. The van der Waals surface area contributed by atoms with Crippen LogP contribution < -0.4 is 5.32 Å². The molecule has 1 aromatic rings. The van der Waals surface area contributed by atoms with Crippen LogP contribution >= 0.6 is 0 Å². The number of carbonyl (C=O) groups excluding carboxylic acids is 3. The summed E-state index contributed by atoms with van der Waals surface area (Å²) in [5.74, 6) is -0.245. The quantitative estimate of drug-likeness (QED) is 0.334. The molecule has 1 aliphatic rings. The van der Waals surface area contributed by atoms with Crippen molar-refractivity contribution >= 4 is 18.3 Å². The number of nitrogens with zero attached hydrogens (tertiary/aromatic N) is 3. The molecule has 9 nitrogen and oxygen atoms in total. The summed E-state index contributed by atoms with van der Waals surface area (Å²) in [6.07, 6.45) is 2.31. The second-order valence-corrected chi connectivity index (χ2v) is 8.09. The van der Waals surface area contributed by atoms with Gasteiger partial charge in [0.25, 0.3) is 0 Å². The van der Waals surface area contributed by atoms with Crippen LogP contribution in [-0.4, -0.2) is 105 Å². The smallest absolute Gasteiger partial charge is 0.410 e. The first-order chi connectivity index (χ1) is 16.1. The number of benzene rings is 1. The van der Waals surface area contributed by atoms with Crippen LogP contribution in [0.2, 0.25) is 0 Å². The molecule has 1 aromatic carbocycles. The minimum absolute atomic E-state index is 0.190. The molecule has 0 atom stereocenters. The Balaban J connectivity index is 1.98. The van der Waals surface area contributed by atoms with Crippen molar-refractivity contribution in [3.63, 3.8) is 0 Å². The number of esters is 1. The first-order valence-corrected chi connectivity index (χ1v) is 11.8. The molecule has 0 aromatic heterocycles. The predicted molar refractivity (Wildman–Crippen MR) is 126 cm³/mol. The first kappa shape index (κ1) is 26.8. The van der Waals surface area contributed by atoms with Gasteiger partial charge in [-0.15, -0.1) is 0 Å². The fourth-order valence-electron chi connectivity index (χ4n) is 3.46. The summed E-state index contributed by atoms with van der Waals surface area (Å²) in [6.45, 7) is 7.94. The first-order valence-electron chi connectivity index (χ1n) is 11.8. The number of aldehydes is 1. The zero-order valence-electron chi connectivity index (χ0n) is 19.7. The molecule has 1 saturated heterocycles. The Morgan fingerprint density at radius 3 is 2.36 bits per heavy atom.